The second-order valence-electron chi connectivity index (χ2n) is 4.82. The number of unbranched alkanes of at least 4 members (excludes halogenated alkanes) is 2. The van der Waals surface area contributed by atoms with Crippen LogP contribution in [0, 0.1) is 0 Å². The molecular formula is C17H27N. The fourth-order valence-corrected chi connectivity index (χ4v) is 1.96. The molecule has 0 radical (unpaired) electrons. The second-order valence-corrected chi connectivity index (χ2v) is 4.82. The van der Waals surface area contributed by atoms with Crippen molar-refractivity contribution in [2.75, 3.05) is 19.6 Å². The Balaban J connectivity index is 2.37. The average molecular weight is 245 g/mol. The zero-order valence-corrected chi connectivity index (χ0v) is 11.9. The van der Waals surface area contributed by atoms with Crippen LogP contribution < -0.4 is 0 Å². The summed E-state index contributed by atoms with van der Waals surface area (Å²) >= 11 is 0. The van der Waals surface area contributed by atoms with Crippen molar-refractivity contribution in [1.82, 2.24) is 4.90 Å². The topological polar surface area (TPSA) is 3.24 Å². The van der Waals surface area contributed by atoms with Crippen molar-refractivity contribution in [1.29, 1.82) is 0 Å². The summed E-state index contributed by atoms with van der Waals surface area (Å²) < 4.78 is 0. The fourth-order valence-electron chi connectivity index (χ4n) is 1.96. The molecule has 0 saturated heterocycles. The molecule has 0 N–H and O–H groups in total. The van der Waals surface area contributed by atoms with Gasteiger partial charge in [-0.05, 0) is 31.5 Å². The third-order valence-electron chi connectivity index (χ3n) is 3.13. The summed E-state index contributed by atoms with van der Waals surface area (Å²) in [5.74, 6) is 0. The molecule has 0 heterocycles. The standard InChI is InChI=1S/C17H27N/c1-3-5-14-18(15-6-4-2)16-10-13-17-11-8-7-9-12-17/h7-13H,3-6,14-16H2,1-2H3/b13-10+. The molecule has 18 heavy (non-hydrogen) atoms. The zero-order chi connectivity index (χ0) is 13.1. The number of nitrogens with zero attached hydrogens (tertiary/aromatic N) is 1. The highest BCUT2D eigenvalue weighted by Gasteiger charge is 2.00. The molecule has 0 aliphatic carbocycles. The third-order valence-corrected chi connectivity index (χ3v) is 3.13. The molecule has 1 aromatic rings. The molecule has 0 aliphatic heterocycles. The highest BCUT2D eigenvalue weighted by molar-refractivity contribution is 5.48. The largest absolute Gasteiger partial charge is 0.300 e. The van der Waals surface area contributed by atoms with E-state index in [1.807, 2.05) is 0 Å². The first-order chi connectivity index (χ1) is 8.86. The number of rotatable bonds is 9. The first kappa shape index (κ1) is 15.0. The van der Waals surface area contributed by atoms with Crippen LogP contribution in [-0.2, 0) is 0 Å². The normalized spacial score (nSPS) is 11.5. The lowest BCUT2D eigenvalue weighted by molar-refractivity contribution is 0.293. The van der Waals surface area contributed by atoms with Crippen LogP contribution in [0.15, 0.2) is 36.4 Å². The number of hydrogen-bond acceptors (Lipinski definition) is 1. The van der Waals surface area contributed by atoms with Crippen LogP contribution in [0.5, 0.6) is 0 Å². The Labute approximate surface area is 113 Å². The average Bonchev–Trinajstić information content (AvgIpc) is 2.42. The predicted molar refractivity (Wildman–Crippen MR) is 81.7 cm³/mol. The van der Waals surface area contributed by atoms with E-state index >= 15 is 0 Å². The van der Waals surface area contributed by atoms with E-state index in [2.05, 4.69) is 61.2 Å². The molecule has 0 atom stereocenters. The first-order valence-electron chi connectivity index (χ1n) is 7.30. The van der Waals surface area contributed by atoms with E-state index in [1.165, 1.54) is 44.3 Å². The maximum Gasteiger partial charge on any atom is 0.0166 e. The van der Waals surface area contributed by atoms with Gasteiger partial charge in [0.1, 0.15) is 0 Å². The van der Waals surface area contributed by atoms with Crippen molar-refractivity contribution in [3.63, 3.8) is 0 Å². The van der Waals surface area contributed by atoms with E-state index in [1.54, 1.807) is 0 Å². The molecule has 0 bridgehead atoms. The molecule has 0 fully saturated rings. The van der Waals surface area contributed by atoms with Gasteiger partial charge in [0.15, 0.2) is 0 Å². The van der Waals surface area contributed by atoms with Gasteiger partial charge in [-0.25, -0.2) is 0 Å². The van der Waals surface area contributed by atoms with Gasteiger partial charge in [0.05, 0.1) is 0 Å². The molecule has 0 unspecified atom stereocenters. The molecule has 0 aliphatic rings. The maximum absolute atomic E-state index is 2.56. The zero-order valence-electron chi connectivity index (χ0n) is 11.9. The van der Waals surface area contributed by atoms with Crippen molar-refractivity contribution < 1.29 is 0 Å². The smallest absolute Gasteiger partial charge is 0.0166 e. The quantitative estimate of drug-likeness (QED) is 0.614. The van der Waals surface area contributed by atoms with Crippen molar-refractivity contribution in [2.45, 2.75) is 39.5 Å². The van der Waals surface area contributed by atoms with E-state index in [9.17, 15) is 0 Å². The van der Waals surface area contributed by atoms with Gasteiger partial charge < -0.3 is 0 Å². The Hall–Kier alpha value is -1.08. The third kappa shape index (κ3) is 6.61. The van der Waals surface area contributed by atoms with Crippen molar-refractivity contribution in [3.05, 3.63) is 42.0 Å². The van der Waals surface area contributed by atoms with Gasteiger partial charge in [0.2, 0.25) is 0 Å². The summed E-state index contributed by atoms with van der Waals surface area (Å²) in [5, 5.41) is 0. The summed E-state index contributed by atoms with van der Waals surface area (Å²) in [6.45, 7) is 8.07. The van der Waals surface area contributed by atoms with Crippen LogP contribution in [0.2, 0.25) is 0 Å². The van der Waals surface area contributed by atoms with Gasteiger partial charge in [-0.1, -0.05) is 69.2 Å². The van der Waals surface area contributed by atoms with Gasteiger partial charge in [-0.3, -0.25) is 4.90 Å². The lowest BCUT2D eigenvalue weighted by Crippen LogP contribution is -2.26. The molecule has 0 amide bonds. The van der Waals surface area contributed by atoms with E-state index in [-0.39, 0.29) is 0 Å². The number of benzene rings is 1. The summed E-state index contributed by atoms with van der Waals surface area (Å²) in [6, 6.07) is 10.5. The molecule has 0 spiro atoms. The molecule has 0 aromatic heterocycles. The van der Waals surface area contributed by atoms with Crippen molar-refractivity contribution in [3.8, 4) is 0 Å². The Morgan fingerprint density at radius 2 is 1.56 bits per heavy atom. The highest BCUT2D eigenvalue weighted by Crippen LogP contribution is 2.03. The second kappa shape index (κ2) is 9.90. The Kier molecular flexibility index (Phi) is 8.24. The van der Waals surface area contributed by atoms with Gasteiger partial charge in [0, 0.05) is 6.54 Å². The monoisotopic (exact) mass is 245 g/mol. The van der Waals surface area contributed by atoms with E-state index in [4.69, 9.17) is 0 Å². The first-order valence-corrected chi connectivity index (χ1v) is 7.30. The summed E-state index contributed by atoms with van der Waals surface area (Å²) in [7, 11) is 0. The molecule has 1 nitrogen and oxygen atoms in total. The molecule has 100 valence electrons. The minimum Gasteiger partial charge on any atom is -0.300 e. The minimum atomic E-state index is 1.08. The van der Waals surface area contributed by atoms with E-state index in [0.29, 0.717) is 0 Å². The van der Waals surface area contributed by atoms with Gasteiger partial charge in [0.25, 0.3) is 0 Å². The fraction of sp³-hybridized carbons (Fsp3) is 0.529. The Morgan fingerprint density at radius 1 is 0.944 bits per heavy atom. The number of hydrogen-bond donors (Lipinski definition) is 0. The van der Waals surface area contributed by atoms with Crippen LogP contribution >= 0.6 is 0 Å². The molecule has 1 aromatic carbocycles. The molecular weight excluding hydrogens is 218 g/mol. The summed E-state index contributed by atoms with van der Waals surface area (Å²) in [6.07, 6.45) is 9.70. The van der Waals surface area contributed by atoms with Crippen LogP contribution in [-0.4, -0.2) is 24.5 Å². The van der Waals surface area contributed by atoms with Crippen LogP contribution in [0.1, 0.15) is 45.1 Å². The van der Waals surface area contributed by atoms with E-state index < -0.39 is 0 Å². The van der Waals surface area contributed by atoms with Gasteiger partial charge in [-0.15, -0.1) is 0 Å². The van der Waals surface area contributed by atoms with Crippen LogP contribution in [0.3, 0.4) is 0 Å². The Morgan fingerprint density at radius 3 is 2.11 bits per heavy atom. The maximum atomic E-state index is 2.56. The highest BCUT2D eigenvalue weighted by atomic mass is 15.1. The summed E-state index contributed by atoms with van der Waals surface area (Å²) in [5.41, 5.74) is 1.29. The van der Waals surface area contributed by atoms with Crippen molar-refractivity contribution >= 4 is 6.08 Å². The lowest BCUT2D eigenvalue weighted by Gasteiger charge is -2.19. The molecule has 1 heteroatoms. The molecule has 1 rings (SSSR count). The van der Waals surface area contributed by atoms with E-state index in [0.717, 1.165) is 6.54 Å². The SMILES string of the molecule is CCCCN(C/C=C/c1ccccc1)CCCC. The minimum absolute atomic E-state index is 1.08. The van der Waals surface area contributed by atoms with Gasteiger partial charge >= 0.3 is 0 Å². The lowest BCUT2D eigenvalue weighted by atomic mass is 10.2. The van der Waals surface area contributed by atoms with Gasteiger partial charge in [-0.2, -0.15) is 0 Å². The predicted octanol–water partition coefficient (Wildman–Crippen LogP) is 4.60. The summed E-state index contributed by atoms with van der Waals surface area (Å²) in [4.78, 5) is 2.56. The van der Waals surface area contributed by atoms with Crippen molar-refractivity contribution in [2.24, 2.45) is 0 Å². The Bertz CT molecular complexity index is 308. The molecule has 0 saturated carbocycles. The van der Waals surface area contributed by atoms with Crippen LogP contribution in [0.4, 0.5) is 0 Å². The van der Waals surface area contributed by atoms with Crippen LogP contribution in [0.25, 0.3) is 6.08 Å².